The van der Waals surface area contributed by atoms with Gasteiger partial charge in [0.05, 0.1) is 0 Å². The highest BCUT2D eigenvalue weighted by Gasteiger charge is 2.34. The molecule has 0 aliphatic carbocycles. The number of hydrogen-bond donors (Lipinski definition) is 2. The molecule has 0 aromatic carbocycles. The minimum Gasteiger partial charge on any atom is -0.338 e. The van der Waals surface area contributed by atoms with Crippen LogP contribution in [-0.4, -0.2) is 39.1 Å². The normalized spacial score (nSPS) is 17.7. The van der Waals surface area contributed by atoms with Crippen molar-refractivity contribution in [1.82, 2.24) is 20.1 Å². The second-order valence-corrected chi connectivity index (χ2v) is 5.74. The van der Waals surface area contributed by atoms with Crippen LogP contribution in [0.2, 0.25) is 0 Å². The lowest BCUT2D eigenvalue weighted by Gasteiger charge is -2.38. The van der Waals surface area contributed by atoms with E-state index in [0.717, 1.165) is 18.5 Å². The molecule has 1 aliphatic heterocycles. The molecule has 3 heterocycles. The lowest BCUT2D eigenvalue weighted by atomic mass is 9.77. The third-order valence-corrected chi connectivity index (χ3v) is 4.35. The third kappa shape index (κ3) is 2.49. The summed E-state index contributed by atoms with van der Waals surface area (Å²) in [7, 11) is 0. The standard InChI is InChI=1S/C15H18N4O2/c1-15(12-4-8-17-18-12)5-9-19(10-6-15)14(21)11-3-2-7-16-13(11)20/h2-4,7-8H,5-6,9-10H2,1H3,(H,16,20)(H,17,18). The monoisotopic (exact) mass is 286 g/mol. The zero-order chi connectivity index (χ0) is 14.9. The summed E-state index contributed by atoms with van der Waals surface area (Å²) in [5.74, 6) is -0.191. The lowest BCUT2D eigenvalue weighted by molar-refractivity contribution is 0.0672. The van der Waals surface area contributed by atoms with Crippen LogP contribution in [0.25, 0.3) is 0 Å². The second-order valence-electron chi connectivity index (χ2n) is 5.74. The Labute approximate surface area is 122 Å². The molecule has 1 aliphatic rings. The van der Waals surface area contributed by atoms with Crippen molar-refractivity contribution >= 4 is 5.91 Å². The van der Waals surface area contributed by atoms with E-state index in [-0.39, 0.29) is 22.4 Å². The van der Waals surface area contributed by atoms with E-state index in [1.54, 1.807) is 23.2 Å². The van der Waals surface area contributed by atoms with Crippen LogP contribution in [0.1, 0.15) is 35.8 Å². The topological polar surface area (TPSA) is 81.8 Å². The summed E-state index contributed by atoms with van der Waals surface area (Å²) < 4.78 is 0. The summed E-state index contributed by atoms with van der Waals surface area (Å²) in [6.45, 7) is 3.46. The molecule has 21 heavy (non-hydrogen) atoms. The van der Waals surface area contributed by atoms with Gasteiger partial charge in [0.15, 0.2) is 0 Å². The number of carbonyl (C=O) groups is 1. The molecule has 3 rings (SSSR count). The smallest absolute Gasteiger partial charge is 0.260 e. The third-order valence-electron chi connectivity index (χ3n) is 4.35. The molecule has 6 heteroatoms. The van der Waals surface area contributed by atoms with Crippen LogP contribution in [0, 0.1) is 0 Å². The molecule has 0 saturated carbocycles. The maximum Gasteiger partial charge on any atom is 0.260 e. The predicted octanol–water partition coefficient (Wildman–Crippen LogP) is 1.29. The molecule has 0 spiro atoms. The fraction of sp³-hybridized carbons (Fsp3) is 0.400. The number of aromatic amines is 2. The van der Waals surface area contributed by atoms with Gasteiger partial charge >= 0.3 is 0 Å². The van der Waals surface area contributed by atoms with Crippen LogP contribution in [-0.2, 0) is 5.41 Å². The largest absolute Gasteiger partial charge is 0.338 e. The number of hydrogen-bond acceptors (Lipinski definition) is 3. The van der Waals surface area contributed by atoms with E-state index in [0.29, 0.717) is 13.1 Å². The summed E-state index contributed by atoms with van der Waals surface area (Å²) >= 11 is 0. The van der Waals surface area contributed by atoms with E-state index in [9.17, 15) is 9.59 Å². The summed E-state index contributed by atoms with van der Waals surface area (Å²) in [4.78, 5) is 28.4. The van der Waals surface area contributed by atoms with E-state index in [4.69, 9.17) is 0 Å². The zero-order valence-corrected chi connectivity index (χ0v) is 11.9. The minimum absolute atomic E-state index is 0.0103. The lowest BCUT2D eigenvalue weighted by Crippen LogP contribution is -2.45. The highest BCUT2D eigenvalue weighted by molar-refractivity contribution is 5.93. The van der Waals surface area contributed by atoms with Gasteiger partial charge in [0.25, 0.3) is 11.5 Å². The molecule has 0 bridgehead atoms. The van der Waals surface area contributed by atoms with Crippen molar-refractivity contribution in [3.05, 3.63) is 52.2 Å². The van der Waals surface area contributed by atoms with E-state index in [1.807, 2.05) is 6.07 Å². The number of piperidine rings is 1. The average Bonchev–Trinajstić information content (AvgIpc) is 3.03. The van der Waals surface area contributed by atoms with E-state index < -0.39 is 0 Å². The van der Waals surface area contributed by atoms with Gasteiger partial charge in [0.1, 0.15) is 5.56 Å². The van der Waals surface area contributed by atoms with Crippen LogP contribution in [0.15, 0.2) is 35.4 Å². The van der Waals surface area contributed by atoms with Crippen molar-refractivity contribution in [2.75, 3.05) is 13.1 Å². The van der Waals surface area contributed by atoms with Crippen LogP contribution in [0.4, 0.5) is 0 Å². The first-order chi connectivity index (χ1) is 10.1. The predicted molar refractivity (Wildman–Crippen MR) is 78.1 cm³/mol. The molecule has 1 fully saturated rings. The Balaban J connectivity index is 1.73. The molecule has 1 saturated heterocycles. The molecule has 2 aromatic heterocycles. The van der Waals surface area contributed by atoms with Crippen LogP contribution >= 0.6 is 0 Å². The summed E-state index contributed by atoms with van der Waals surface area (Å²) in [6.07, 6.45) is 4.99. The van der Waals surface area contributed by atoms with Gasteiger partial charge in [-0.05, 0) is 31.0 Å². The average molecular weight is 286 g/mol. The first kappa shape index (κ1) is 13.6. The summed E-state index contributed by atoms with van der Waals surface area (Å²) in [5.41, 5.74) is 0.996. The highest BCUT2D eigenvalue weighted by Crippen LogP contribution is 2.33. The van der Waals surface area contributed by atoms with Crippen molar-refractivity contribution in [3.63, 3.8) is 0 Å². The SMILES string of the molecule is CC1(c2ccn[nH]2)CCN(C(=O)c2ccc[nH]c2=O)CC1. The van der Waals surface area contributed by atoms with Gasteiger partial charge in [0, 0.05) is 36.6 Å². The van der Waals surface area contributed by atoms with Gasteiger partial charge in [0.2, 0.25) is 0 Å². The number of carbonyl (C=O) groups excluding carboxylic acids is 1. The van der Waals surface area contributed by atoms with Gasteiger partial charge in [-0.3, -0.25) is 14.7 Å². The fourth-order valence-corrected chi connectivity index (χ4v) is 2.83. The number of aromatic nitrogens is 3. The van der Waals surface area contributed by atoms with E-state index in [2.05, 4.69) is 22.1 Å². The van der Waals surface area contributed by atoms with Crippen LogP contribution in [0.3, 0.4) is 0 Å². The maximum atomic E-state index is 12.4. The van der Waals surface area contributed by atoms with Crippen molar-refractivity contribution in [2.45, 2.75) is 25.2 Å². The number of amides is 1. The van der Waals surface area contributed by atoms with Crippen molar-refractivity contribution in [2.24, 2.45) is 0 Å². The maximum absolute atomic E-state index is 12.4. The quantitative estimate of drug-likeness (QED) is 0.873. The number of rotatable bonds is 2. The van der Waals surface area contributed by atoms with Crippen molar-refractivity contribution < 1.29 is 4.79 Å². The van der Waals surface area contributed by atoms with E-state index in [1.165, 1.54) is 6.20 Å². The minimum atomic E-state index is -0.329. The second kappa shape index (κ2) is 5.20. The number of nitrogens with one attached hydrogen (secondary N) is 2. The molecule has 0 atom stereocenters. The number of H-pyrrole nitrogens is 2. The van der Waals surface area contributed by atoms with Crippen molar-refractivity contribution in [3.8, 4) is 0 Å². The zero-order valence-electron chi connectivity index (χ0n) is 11.9. The molecule has 110 valence electrons. The molecular weight excluding hydrogens is 268 g/mol. The molecule has 2 aromatic rings. The van der Waals surface area contributed by atoms with Crippen LogP contribution < -0.4 is 5.56 Å². The Morgan fingerprint density at radius 3 is 2.71 bits per heavy atom. The number of nitrogens with zero attached hydrogens (tertiary/aromatic N) is 2. The molecule has 0 unspecified atom stereocenters. The Morgan fingerprint density at radius 2 is 2.10 bits per heavy atom. The fourth-order valence-electron chi connectivity index (χ4n) is 2.83. The molecule has 6 nitrogen and oxygen atoms in total. The Morgan fingerprint density at radius 1 is 1.33 bits per heavy atom. The van der Waals surface area contributed by atoms with Gasteiger partial charge in [-0.15, -0.1) is 0 Å². The molecule has 0 radical (unpaired) electrons. The number of pyridine rings is 1. The van der Waals surface area contributed by atoms with Gasteiger partial charge < -0.3 is 9.88 Å². The van der Waals surface area contributed by atoms with Gasteiger partial charge in [-0.2, -0.15) is 5.10 Å². The Kier molecular flexibility index (Phi) is 3.37. The van der Waals surface area contributed by atoms with E-state index >= 15 is 0 Å². The highest BCUT2D eigenvalue weighted by atomic mass is 16.2. The first-order valence-electron chi connectivity index (χ1n) is 7.07. The van der Waals surface area contributed by atoms with Crippen molar-refractivity contribution in [1.29, 1.82) is 0 Å². The Hall–Kier alpha value is -2.37. The molecule has 2 N–H and O–H groups in total. The summed E-state index contributed by atoms with van der Waals surface area (Å²) in [5, 5.41) is 7.03. The first-order valence-corrected chi connectivity index (χ1v) is 7.07. The van der Waals surface area contributed by atoms with Crippen LogP contribution in [0.5, 0.6) is 0 Å². The van der Waals surface area contributed by atoms with Gasteiger partial charge in [-0.25, -0.2) is 0 Å². The molecule has 1 amide bonds. The Bertz CT molecular complexity index is 682. The number of likely N-dealkylation sites (tertiary alicyclic amines) is 1. The molecular formula is C15H18N4O2. The van der Waals surface area contributed by atoms with Gasteiger partial charge in [-0.1, -0.05) is 6.92 Å². The summed E-state index contributed by atoms with van der Waals surface area (Å²) in [6, 6.07) is 5.23.